The Balaban J connectivity index is 2.75. The molecule has 0 aromatic heterocycles. The molecule has 0 saturated carbocycles. The summed E-state index contributed by atoms with van der Waals surface area (Å²) in [6.07, 6.45) is 2.16. The third kappa shape index (κ3) is 9.26. The van der Waals surface area contributed by atoms with Crippen molar-refractivity contribution in [1.29, 1.82) is 0 Å². The van der Waals surface area contributed by atoms with Crippen molar-refractivity contribution in [3.8, 4) is 0 Å². The monoisotopic (exact) mass is 398 g/mol. The van der Waals surface area contributed by atoms with Gasteiger partial charge in [-0.3, -0.25) is 0 Å². The zero-order chi connectivity index (χ0) is 18.6. The number of benzene rings is 1. The minimum absolute atomic E-state index is 1.21. The molecule has 0 aliphatic heterocycles. The molecule has 24 heavy (non-hydrogen) atoms. The largest absolute Gasteiger partial charge is 0.437 e. The lowest BCUT2D eigenvalue weighted by atomic mass is 10.2. The fourth-order valence-corrected chi connectivity index (χ4v) is 20.6. The van der Waals surface area contributed by atoms with E-state index in [1.165, 1.54) is 5.56 Å². The Morgan fingerprint density at radius 3 is 1.67 bits per heavy atom. The summed E-state index contributed by atoms with van der Waals surface area (Å²) in [5.41, 5.74) is 3.45. The number of hydrogen-bond acceptors (Lipinski definition) is 3. The molecule has 0 atom stereocenters. The smallest absolute Gasteiger partial charge is 0.312 e. The first-order chi connectivity index (χ1) is 10.7. The zero-order valence-corrected chi connectivity index (χ0v) is 20.8. The molecule has 1 rings (SSSR count). The molecule has 0 bridgehead atoms. The highest BCUT2D eigenvalue weighted by Crippen LogP contribution is 2.24. The fourth-order valence-electron chi connectivity index (χ4n) is 2.90. The predicted molar refractivity (Wildman–Crippen MR) is 115 cm³/mol. The minimum Gasteiger partial charge on any atom is -0.437 e. The Morgan fingerprint density at radius 2 is 1.17 bits per heavy atom. The van der Waals surface area contributed by atoms with Gasteiger partial charge in [-0.2, -0.15) is 0 Å². The first kappa shape index (κ1) is 21.7. The van der Waals surface area contributed by atoms with E-state index in [0.29, 0.717) is 0 Å². The maximum atomic E-state index is 6.54. The molecule has 0 spiro atoms. The molecule has 0 heterocycles. The maximum Gasteiger partial charge on any atom is 0.312 e. The third-order valence-corrected chi connectivity index (χ3v) is 16.4. The number of hydrogen-bond donors (Lipinski definition) is 0. The summed E-state index contributed by atoms with van der Waals surface area (Å²) in [6, 6.07) is 10.4. The Morgan fingerprint density at radius 1 is 0.667 bits per heavy atom. The molecule has 7 heteroatoms. The highest BCUT2D eigenvalue weighted by molar-refractivity contribution is 6.90. The molecule has 1 aromatic rings. The van der Waals surface area contributed by atoms with Crippen molar-refractivity contribution in [2.24, 2.45) is 0 Å². The Labute approximate surface area is 152 Å². The van der Waals surface area contributed by atoms with Crippen molar-refractivity contribution in [2.45, 2.75) is 58.9 Å². The van der Waals surface area contributed by atoms with Crippen LogP contribution < -0.4 is 0 Å². The van der Waals surface area contributed by atoms with Gasteiger partial charge in [0.15, 0.2) is 8.32 Å². The molecular formula is C17H34O3Si4. The van der Waals surface area contributed by atoms with Gasteiger partial charge in [0, 0.05) is 0 Å². The van der Waals surface area contributed by atoms with Gasteiger partial charge in [0.25, 0.3) is 0 Å². The maximum absolute atomic E-state index is 6.54. The molecule has 3 nitrogen and oxygen atoms in total. The van der Waals surface area contributed by atoms with E-state index in [2.05, 4.69) is 95.0 Å². The molecule has 136 valence electrons. The lowest BCUT2D eigenvalue weighted by Crippen LogP contribution is -2.55. The van der Waals surface area contributed by atoms with E-state index in [-0.39, 0.29) is 0 Å². The Kier molecular flexibility index (Phi) is 7.20. The van der Waals surface area contributed by atoms with Crippen LogP contribution in [0.25, 0.3) is 6.08 Å². The van der Waals surface area contributed by atoms with Crippen molar-refractivity contribution >= 4 is 39.8 Å². The Hall–Kier alpha value is -0.292. The van der Waals surface area contributed by atoms with Crippen LogP contribution in [0.4, 0.5) is 0 Å². The normalized spacial score (nSPS) is 14.4. The summed E-state index contributed by atoms with van der Waals surface area (Å²) in [4.78, 5) is 0. The van der Waals surface area contributed by atoms with Crippen molar-refractivity contribution in [2.75, 3.05) is 0 Å². The molecule has 0 amide bonds. The van der Waals surface area contributed by atoms with Crippen LogP contribution >= 0.6 is 0 Å². The van der Waals surface area contributed by atoms with Crippen molar-refractivity contribution in [3.05, 3.63) is 41.6 Å². The molecule has 0 fully saturated rings. The van der Waals surface area contributed by atoms with Gasteiger partial charge in [0.2, 0.25) is 8.32 Å². The average molecular weight is 399 g/mol. The topological polar surface area (TPSA) is 27.7 Å². The molecule has 0 N–H and O–H groups in total. The van der Waals surface area contributed by atoms with E-state index < -0.39 is 33.8 Å². The molecule has 0 unspecified atom stereocenters. The van der Waals surface area contributed by atoms with Crippen LogP contribution in [0.15, 0.2) is 36.0 Å². The molecule has 0 saturated heterocycles. The standard InChI is InChI=1S/C17H34O3Si4/c1-21(2,3)18-23(6,7)20-24(8,9)19-22(4,5)16-15-17-13-11-10-12-14-17/h10-16H,1-9H3. The third-order valence-electron chi connectivity index (χ3n) is 3.03. The van der Waals surface area contributed by atoms with Crippen LogP contribution in [-0.4, -0.2) is 33.8 Å². The van der Waals surface area contributed by atoms with Gasteiger partial charge in [-0.1, -0.05) is 42.1 Å². The predicted octanol–water partition coefficient (Wildman–Crippen LogP) is 5.73. The summed E-state index contributed by atoms with van der Waals surface area (Å²) in [5, 5.41) is 0. The SMILES string of the molecule is C[Si](C)(C)O[Si](C)(C)O[Si](C)(C)O[Si](C)(C)C=Cc1ccccc1. The molecular weight excluding hydrogens is 365 g/mol. The van der Waals surface area contributed by atoms with Crippen LogP contribution in [0.2, 0.25) is 58.9 Å². The second-order valence-corrected chi connectivity index (χ2v) is 24.4. The van der Waals surface area contributed by atoms with Crippen LogP contribution in [0, 0.1) is 0 Å². The first-order valence-corrected chi connectivity index (χ1v) is 20.6. The van der Waals surface area contributed by atoms with Crippen LogP contribution in [0.5, 0.6) is 0 Å². The van der Waals surface area contributed by atoms with E-state index >= 15 is 0 Å². The van der Waals surface area contributed by atoms with E-state index in [9.17, 15) is 0 Å². The van der Waals surface area contributed by atoms with Crippen LogP contribution in [0.3, 0.4) is 0 Å². The van der Waals surface area contributed by atoms with E-state index in [4.69, 9.17) is 12.3 Å². The summed E-state index contributed by atoms with van der Waals surface area (Å²) >= 11 is 0. The first-order valence-electron chi connectivity index (χ1n) is 8.55. The van der Waals surface area contributed by atoms with Crippen molar-refractivity contribution in [1.82, 2.24) is 0 Å². The average Bonchev–Trinajstić information content (AvgIpc) is 2.31. The van der Waals surface area contributed by atoms with Gasteiger partial charge in [0.1, 0.15) is 0 Å². The van der Waals surface area contributed by atoms with Crippen molar-refractivity contribution in [3.63, 3.8) is 0 Å². The molecule has 1 aromatic carbocycles. The van der Waals surface area contributed by atoms with Gasteiger partial charge >= 0.3 is 17.1 Å². The molecule has 0 aliphatic rings. The van der Waals surface area contributed by atoms with Gasteiger partial charge < -0.3 is 12.3 Å². The van der Waals surface area contributed by atoms with Gasteiger partial charge in [0.05, 0.1) is 0 Å². The van der Waals surface area contributed by atoms with E-state index in [1.54, 1.807) is 0 Å². The molecule has 0 radical (unpaired) electrons. The fraction of sp³-hybridized carbons (Fsp3) is 0.529. The summed E-state index contributed by atoms with van der Waals surface area (Å²) < 4.78 is 19.3. The second kappa shape index (κ2) is 7.94. The van der Waals surface area contributed by atoms with Crippen LogP contribution in [-0.2, 0) is 12.3 Å². The van der Waals surface area contributed by atoms with E-state index in [0.717, 1.165) is 0 Å². The van der Waals surface area contributed by atoms with Crippen molar-refractivity contribution < 1.29 is 12.3 Å². The summed E-state index contributed by atoms with van der Waals surface area (Å²) in [6.45, 7) is 19.6. The van der Waals surface area contributed by atoms with Crippen LogP contribution in [0.1, 0.15) is 5.56 Å². The van der Waals surface area contributed by atoms with Gasteiger partial charge in [-0.25, -0.2) is 0 Å². The van der Waals surface area contributed by atoms with Gasteiger partial charge in [-0.05, 0) is 64.5 Å². The Bertz CT molecular complexity index is 549. The lowest BCUT2D eigenvalue weighted by Gasteiger charge is -2.39. The quantitative estimate of drug-likeness (QED) is 0.523. The lowest BCUT2D eigenvalue weighted by molar-refractivity contribution is 0.332. The highest BCUT2D eigenvalue weighted by Gasteiger charge is 2.41. The summed E-state index contributed by atoms with van der Waals surface area (Å²) in [7, 11) is -7.96. The second-order valence-electron chi connectivity index (χ2n) is 8.57. The summed E-state index contributed by atoms with van der Waals surface area (Å²) in [5.74, 6) is 0. The highest BCUT2D eigenvalue weighted by atomic mass is 28.5. The number of rotatable bonds is 8. The van der Waals surface area contributed by atoms with Gasteiger partial charge in [-0.15, -0.1) is 0 Å². The minimum atomic E-state index is -2.24. The zero-order valence-electron chi connectivity index (χ0n) is 16.8. The van der Waals surface area contributed by atoms with E-state index in [1.807, 2.05) is 6.07 Å². The molecule has 0 aliphatic carbocycles.